The average Bonchev–Trinajstić information content (AvgIpc) is 2.42. The van der Waals surface area contributed by atoms with Crippen LogP contribution in [0.25, 0.3) is 0 Å². The fourth-order valence-electron chi connectivity index (χ4n) is 2.27. The van der Waals surface area contributed by atoms with Crippen LogP contribution in [0.1, 0.15) is 39.5 Å². The summed E-state index contributed by atoms with van der Waals surface area (Å²) in [4.78, 5) is 0. The predicted octanol–water partition coefficient (Wildman–Crippen LogP) is 1.54. The molecule has 2 nitrogen and oxygen atoms in total. The van der Waals surface area contributed by atoms with E-state index in [2.05, 4.69) is 19.2 Å². The SMILES string of the molecule is CCC1CC(C)NC1CCCO. The Hall–Kier alpha value is -0.0800. The van der Waals surface area contributed by atoms with E-state index in [-0.39, 0.29) is 0 Å². The lowest BCUT2D eigenvalue weighted by atomic mass is 9.94. The van der Waals surface area contributed by atoms with Crippen molar-refractivity contribution in [2.75, 3.05) is 6.61 Å². The molecule has 1 saturated heterocycles. The second kappa shape index (κ2) is 4.83. The van der Waals surface area contributed by atoms with Gasteiger partial charge in [-0.15, -0.1) is 0 Å². The lowest BCUT2D eigenvalue weighted by Crippen LogP contribution is -2.30. The van der Waals surface area contributed by atoms with Gasteiger partial charge < -0.3 is 10.4 Å². The van der Waals surface area contributed by atoms with Gasteiger partial charge in [0, 0.05) is 18.7 Å². The van der Waals surface area contributed by atoms with Crippen molar-refractivity contribution in [3.8, 4) is 0 Å². The number of hydrogen-bond donors (Lipinski definition) is 2. The van der Waals surface area contributed by atoms with Crippen LogP contribution in [0.5, 0.6) is 0 Å². The summed E-state index contributed by atoms with van der Waals surface area (Å²) in [5.74, 6) is 0.839. The first-order valence-electron chi connectivity index (χ1n) is 5.14. The Kier molecular flexibility index (Phi) is 4.02. The molecule has 72 valence electrons. The Balaban J connectivity index is 2.30. The van der Waals surface area contributed by atoms with E-state index in [0.29, 0.717) is 18.7 Å². The van der Waals surface area contributed by atoms with Crippen LogP contribution < -0.4 is 5.32 Å². The second-order valence-corrected chi connectivity index (χ2v) is 3.94. The highest BCUT2D eigenvalue weighted by Gasteiger charge is 2.28. The molecule has 2 N–H and O–H groups in total. The highest BCUT2D eigenvalue weighted by molar-refractivity contribution is 4.87. The Morgan fingerprint density at radius 2 is 2.25 bits per heavy atom. The summed E-state index contributed by atoms with van der Waals surface area (Å²) >= 11 is 0. The van der Waals surface area contributed by atoms with Crippen LogP contribution in [0, 0.1) is 5.92 Å². The minimum absolute atomic E-state index is 0.336. The molecule has 0 saturated carbocycles. The molecule has 0 aromatic heterocycles. The summed E-state index contributed by atoms with van der Waals surface area (Å²) < 4.78 is 0. The third-order valence-electron chi connectivity index (χ3n) is 2.92. The van der Waals surface area contributed by atoms with Crippen LogP contribution in [-0.2, 0) is 0 Å². The molecule has 0 spiro atoms. The van der Waals surface area contributed by atoms with Gasteiger partial charge in [-0.25, -0.2) is 0 Å². The van der Waals surface area contributed by atoms with Crippen LogP contribution in [0.4, 0.5) is 0 Å². The van der Waals surface area contributed by atoms with Gasteiger partial charge in [0.05, 0.1) is 0 Å². The molecule has 0 bridgehead atoms. The summed E-state index contributed by atoms with van der Waals surface area (Å²) in [6.45, 7) is 4.85. The predicted molar refractivity (Wildman–Crippen MR) is 51.1 cm³/mol. The normalized spacial score (nSPS) is 35.8. The van der Waals surface area contributed by atoms with Gasteiger partial charge >= 0.3 is 0 Å². The first-order valence-corrected chi connectivity index (χ1v) is 5.14. The quantitative estimate of drug-likeness (QED) is 0.672. The molecule has 0 aliphatic carbocycles. The number of nitrogens with one attached hydrogen (secondary N) is 1. The molecule has 12 heavy (non-hydrogen) atoms. The lowest BCUT2D eigenvalue weighted by molar-refractivity contribution is 0.268. The Bertz CT molecular complexity index is 127. The van der Waals surface area contributed by atoms with Gasteiger partial charge in [-0.3, -0.25) is 0 Å². The third-order valence-corrected chi connectivity index (χ3v) is 2.92. The van der Waals surface area contributed by atoms with Crippen molar-refractivity contribution in [3.05, 3.63) is 0 Å². The van der Waals surface area contributed by atoms with Crippen LogP contribution in [0.15, 0.2) is 0 Å². The molecule has 1 aliphatic rings. The van der Waals surface area contributed by atoms with Crippen molar-refractivity contribution in [1.82, 2.24) is 5.32 Å². The van der Waals surface area contributed by atoms with Crippen LogP contribution in [-0.4, -0.2) is 23.8 Å². The number of aliphatic hydroxyl groups excluding tert-OH is 1. The molecular weight excluding hydrogens is 150 g/mol. The van der Waals surface area contributed by atoms with Gasteiger partial charge in [0.15, 0.2) is 0 Å². The zero-order valence-electron chi connectivity index (χ0n) is 8.21. The van der Waals surface area contributed by atoms with E-state index >= 15 is 0 Å². The molecule has 1 rings (SSSR count). The van der Waals surface area contributed by atoms with E-state index in [4.69, 9.17) is 5.11 Å². The highest BCUT2D eigenvalue weighted by atomic mass is 16.2. The smallest absolute Gasteiger partial charge is 0.0431 e. The molecule has 3 unspecified atom stereocenters. The third kappa shape index (κ3) is 2.46. The maximum atomic E-state index is 8.72. The molecule has 1 aliphatic heterocycles. The fraction of sp³-hybridized carbons (Fsp3) is 1.00. The number of aliphatic hydroxyl groups is 1. The molecule has 0 radical (unpaired) electrons. The van der Waals surface area contributed by atoms with Gasteiger partial charge in [0.1, 0.15) is 0 Å². The maximum Gasteiger partial charge on any atom is 0.0431 e. The summed E-state index contributed by atoms with van der Waals surface area (Å²) in [6.07, 6.45) is 4.67. The number of hydrogen-bond acceptors (Lipinski definition) is 2. The molecule has 0 amide bonds. The molecule has 0 aromatic rings. The first-order chi connectivity index (χ1) is 5.77. The van der Waals surface area contributed by atoms with E-state index < -0.39 is 0 Å². The van der Waals surface area contributed by atoms with Crippen molar-refractivity contribution in [1.29, 1.82) is 0 Å². The molecule has 1 heterocycles. The maximum absolute atomic E-state index is 8.72. The van der Waals surface area contributed by atoms with E-state index in [1.165, 1.54) is 12.8 Å². The molecule has 1 fully saturated rings. The van der Waals surface area contributed by atoms with Crippen molar-refractivity contribution < 1.29 is 5.11 Å². The average molecular weight is 171 g/mol. The van der Waals surface area contributed by atoms with Crippen molar-refractivity contribution in [2.24, 2.45) is 5.92 Å². The van der Waals surface area contributed by atoms with Crippen molar-refractivity contribution in [2.45, 2.75) is 51.6 Å². The Labute approximate surface area is 75.4 Å². The van der Waals surface area contributed by atoms with Gasteiger partial charge in [-0.05, 0) is 32.1 Å². The fourth-order valence-corrected chi connectivity index (χ4v) is 2.27. The lowest BCUT2D eigenvalue weighted by Gasteiger charge is -2.17. The highest BCUT2D eigenvalue weighted by Crippen LogP contribution is 2.25. The van der Waals surface area contributed by atoms with E-state index in [0.717, 1.165) is 18.8 Å². The zero-order chi connectivity index (χ0) is 8.97. The summed E-state index contributed by atoms with van der Waals surface area (Å²) in [5, 5.41) is 12.3. The number of rotatable bonds is 4. The Morgan fingerprint density at radius 1 is 1.50 bits per heavy atom. The molecule has 0 aromatic carbocycles. The topological polar surface area (TPSA) is 32.3 Å². The van der Waals surface area contributed by atoms with E-state index in [1.54, 1.807) is 0 Å². The minimum Gasteiger partial charge on any atom is -0.396 e. The van der Waals surface area contributed by atoms with Crippen LogP contribution in [0.2, 0.25) is 0 Å². The van der Waals surface area contributed by atoms with Crippen LogP contribution >= 0.6 is 0 Å². The van der Waals surface area contributed by atoms with Gasteiger partial charge in [-0.2, -0.15) is 0 Å². The first kappa shape index (κ1) is 10.0. The van der Waals surface area contributed by atoms with Gasteiger partial charge in [-0.1, -0.05) is 13.3 Å². The molecule has 2 heteroatoms. The summed E-state index contributed by atoms with van der Waals surface area (Å²) in [6, 6.07) is 1.34. The van der Waals surface area contributed by atoms with E-state index in [9.17, 15) is 0 Å². The van der Waals surface area contributed by atoms with Gasteiger partial charge in [0.25, 0.3) is 0 Å². The summed E-state index contributed by atoms with van der Waals surface area (Å²) in [5.41, 5.74) is 0. The molecular formula is C10H21NO. The second-order valence-electron chi connectivity index (χ2n) is 3.94. The monoisotopic (exact) mass is 171 g/mol. The standard InChI is InChI=1S/C10H21NO/c1-3-9-7-8(2)11-10(9)5-4-6-12/h8-12H,3-7H2,1-2H3. The van der Waals surface area contributed by atoms with E-state index in [1.807, 2.05) is 0 Å². The van der Waals surface area contributed by atoms with Crippen molar-refractivity contribution >= 4 is 0 Å². The van der Waals surface area contributed by atoms with Crippen molar-refractivity contribution in [3.63, 3.8) is 0 Å². The minimum atomic E-state index is 0.336. The zero-order valence-corrected chi connectivity index (χ0v) is 8.21. The van der Waals surface area contributed by atoms with Crippen LogP contribution in [0.3, 0.4) is 0 Å². The summed E-state index contributed by atoms with van der Waals surface area (Å²) in [7, 11) is 0. The van der Waals surface area contributed by atoms with Gasteiger partial charge in [0.2, 0.25) is 0 Å². The largest absolute Gasteiger partial charge is 0.396 e. The Morgan fingerprint density at radius 3 is 2.83 bits per heavy atom. The molecule has 3 atom stereocenters.